The van der Waals surface area contributed by atoms with Gasteiger partial charge in [0.25, 0.3) is 0 Å². The molecule has 0 spiro atoms. The molecule has 0 atom stereocenters. The molecular weight excluding hydrogens is 387 g/mol. The number of carbonyl (C=O) groups is 1. The van der Waals surface area contributed by atoms with Crippen LogP contribution >= 0.6 is 0 Å². The van der Waals surface area contributed by atoms with Gasteiger partial charge in [0.15, 0.2) is 5.82 Å². The van der Waals surface area contributed by atoms with Gasteiger partial charge in [-0.25, -0.2) is 5.10 Å². The predicted octanol–water partition coefficient (Wildman–Crippen LogP) is 2.25. The van der Waals surface area contributed by atoms with Crippen LogP contribution in [-0.4, -0.2) is 57.1 Å². The summed E-state index contributed by atoms with van der Waals surface area (Å²) in [4.78, 5) is 12.7. The van der Waals surface area contributed by atoms with Crippen LogP contribution < -0.4 is 0 Å². The summed E-state index contributed by atoms with van der Waals surface area (Å²) < 4.78 is 5.51. The summed E-state index contributed by atoms with van der Waals surface area (Å²) in [6.07, 6.45) is 7.30. The van der Waals surface area contributed by atoms with Crippen molar-refractivity contribution >= 4 is 29.9 Å². The molecule has 2 radical (unpaired) electrons. The fraction of sp³-hybridized carbons (Fsp3) is 0.867. The van der Waals surface area contributed by atoms with E-state index >= 15 is 0 Å². The van der Waals surface area contributed by atoms with E-state index in [0.29, 0.717) is 12.4 Å². The van der Waals surface area contributed by atoms with E-state index in [4.69, 9.17) is 4.74 Å². The number of ether oxygens (including phenoxy) is 1. The first-order chi connectivity index (χ1) is 10.2. The third kappa shape index (κ3) is 5.85. The molecule has 0 bridgehead atoms. The summed E-state index contributed by atoms with van der Waals surface area (Å²) in [5.74, 6) is 0.363. The molecule has 0 saturated carbocycles. The Morgan fingerprint density at radius 1 is 1.09 bits per heavy atom. The average Bonchev–Trinajstić information content (AvgIpc) is 3.02. The topological polar surface area (TPSA) is 80.8 Å². The molecule has 0 fully saturated rings. The fourth-order valence-electron chi connectivity index (χ4n) is 2.43. The maximum absolute atomic E-state index is 12.7. The summed E-state index contributed by atoms with van der Waals surface area (Å²) >= 11 is 0. The maximum atomic E-state index is 12.7. The third-order valence-electron chi connectivity index (χ3n) is 3.83. The molecule has 0 amide bonds. The molecule has 7 heteroatoms. The van der Waals surface area contributed by atoms with Crippen molar-refractivity contribution in [2.24, 2.45) is 0 Å². The van der Waals surface area contributed by atoms with Crippen LogP contribution in [0.4, 0.5) is 0 Å². The van der Waals surface area contributed by atoms with Crippen molar-refractivity contribution < 1.29 is 9.53 Å². The van der Waals surface area contributed by atoms with E-state index < -0.39 is 5.41 Å². The van der Waals surface area contributed by atoms with Crippen molar-refractivity contribution in [3.8, 4) is 0 Å². The van der Waals surface area contributed by atoms with Gasteiger partial charge in [0.2, 0.25) is 0 Å². The number of nitrogens with zero attached hydrogens (tertiary/aromatic N) is 3. The zero-order valence-electron chi connectivity index (χ0n) is 14.2. The number of nitrogens with one attached hydrogen (secondary N) is 1. The quantitative estimate of drug-likeness (QED) is 0.340. The third-order valence-corrected chi connectivity index (χ3v) is 3.83. The van der Waals surface area contributed by atoms with E-state index in [2.05, 4.69) is 41.4 Å². The van der Waals surface area contributed by atoms with Crippen LogP contribution in [0.3, 0.4) is 0 Å². The molecule has 1 heterocycles. The van der Waals surface area contributed by atoms with Gasteiger partial charge in [0.1, 0.15) is 5.41 Å². The van der Waals surface area contributed by atoms with Crippen LogP contribution in [0.15, 0.2) is 0 Å². The average molecular weight is 417 g/mol. The summed E-state index contributed by atoms with van der Waals surface area (Å²) in [5.41, 5.74) is -0.719. The number of esters is 1. The Balaban J connectivity index is 0.00000441. The summed E-state index contributed by atoms with van der Waals surface area (Å²) in [6.45, 7) is 6.78. The monoisotopic (exact) mass is 418 g/mol. The first-order valence-electron chi connectivity index (χ1n) is 8.12. The second-order valence-electron chi connectivity index (χ2n) is 5.53. The SMILES string of the molecule is CCCCOC(=O)C(CCCC)(CCCC)c1nnn[nH]1.[SnH2]. The van der Waals surface area contributed by atoms with Crippen LogP contribution in [0.1, 0.15) is 78.0 Å². The van der Waals surface area contributed by atoms with Crippen molar-refractivity contribution in [1.29, 1.82) is 0 Å². The molecule has 1 N–H and O–H groups in total. The number of unbranched alkanes of at least 4 members (excludes halogenated alkanes) is 3. The van der Waals surface area contributed by atoms with Crippen LogP contribution in [0, 0.1) is 0 Å². The van der Waals surface area contributed by atoms with Gasteiger partial charge in [-0.2, -0.15) is 0 Å². The number of carbonyl (C=O) groups excluding carboxylic acids is 1. The van der Waals surface area contributed by atoms with E-state index in [1.54, 1.807) is 0 Å². The van der Waals surface area contributed by atoms with Gasteiger partial charge in [-0.05, 0) is 29.7 Å². The van der Waals surface area contributed by atoms with Crippen LogP contribution in [0.2, 0.25) is 0 Å². The second kappa shape index (κ2) is 11.8. The molecule has 0 aliphatic rings. The van der Waals surface area contributed by atoms with Gasteiger partial charge in [0.05, 0.1) is 6.61 Å². The summed E-state index contributed by atoms with van der Waals surface area (Å²) in [6, 6.07) is 0. The van der Waals surface area contributed by atoms with Crippen molar-refractivity contribution in [2.45, 2.75) is 77.6 Å². The number of H-pyrrole nitrogens is 1. The Bertz CT molecular complexity index is 390. The molecule has 0 unspecified atom stereocenters. The Morgan fingerprint density at radius 3 is 2.14 bits per heavy atom. The Morgan fingerprint density at radius 2 is 1.68 bits per heavy atom. The van der Waals surface area contributed by atoms with Crippen molar-refractivity contribution in [3.05, 3.63) is 5.82 Å². The molecule has 1 aromatic rings. The molecule has 22 heavy (non-hydrogen) atoms. The minimum absolute atomic E-state index is 0. The molecule has 0 saturated heterocycles. The molecule has 1 rings (SSSR count). The van der Waals surface area contributed by atoms with E-state index in [1.165, 1.54) is 0 Å². The first-order valence-corrected chi connectivity index (χ1v) is 8.12. The minimum atomic E-state index is -0.719. The Hall–Kier alpha value is -0.661. The molecular formula is C15H30N4O2Sn. The van der Waals surface area contributed by atoms with Crippen LogP contribution in [0.5, 0.6) is 0 Å². The Labute approximate surface area is 150 Å². The molecule has 1 aromatic heterocycles. The predicted molar refractivity (Wildman–Crippen MR) is 89.3 cm³/mol. The number of rotatable bonds is 11. The molecule has 0 aromatic carbocycles. The van der Waals surface area contributed by atoms with Crippen LogP contribution in [0.25, 0.3) is 0 Å². The second-order valence-corrected chi connectivity index (χ2v) is 5.53. The van der Waals surface area contributed by atoms with E-state index in [1.807, 2.05) is 0 Å². The molecule has 0 aliphatic carbocycles. The molecule has 0 aliphatic heterocycles. The Kier molecular flexibility index (Phi) is 11.5. The fourth-order valence-corrected chi connectivity index (χ4v) is 2.43. The van der Waals surface area contributed by atoms with Gasteiger partial charge in [0, 0.05) is 0 Å². The van der Waals surface area contributed by atoms with Crippen molar-refractivity contribution in [1.82, 2.24) is 20.6 Å². The molecule has 6 nitrogen and oxygen atoms in total. The number of aromatic amines is 1. The van der Waals surface area contributed by atoms with E-state index in [-0.39, 0.29) is 29.9 Å². The normalized spacial score (nSPS) is 11.0. The van der Waals surface area contributed by atoms with Crippen LogP contribution in [-0.2, 0) is 14.9 Å². The number of hydrogen-bond acceptors (Lipinski definition) is 5. The van der Waals surface area contributed by atoms with E-state index in [0.717, 1.165) is 51.4 Å². The van der Waals surface area contributed by atoms with Gasteiger partial charge in [-0.15, -0.1) is 5.10 Å². The van der Waals surface area contributed by atoms with E-state index in [9.17, 15) is 4.79 Å². The van der Waals surface area contributed by atoms with Crippen molar-refractivity contribution in [2.75, 3.05) is 6.61 Å². The van der Waals surface area contributed by atoms with Gasteiger partial charge in [-0.1, -0.05) is 52.9 Å². The molecule has 126 valence electrons. The zero-order chi connectivity index (χ0) is 15.6. The number of tetrazole rings is 1. The number of hydrogen-bond donors (Lipinski definition) is 1. The number of aromatic nitrogens is 4. The standard InChI is InChI=1S/C15H28N4O2.Sn.2H/c1-4-7-10-15(11-8-5-2,13-16-18-19-17-13)14(20)21-12-9-6-3;;;/h4-12H2,1-3H3,(H,16,17,18,19);;;. The summed E-state index contributed by atoms with van der Waals surface area (Å²) in [5, 5.41) is 14.1. The zero-order valence-corrected chi connectivity index (χ0v) is 18.3. The van der Waals surface area contributed by atoms with Gasteiger partial charge < -0.3 is 4.74 Å². The van der Waals surface area contributed by atoms with Crippen molar-refractivity contribution in [3.63, 3.8) is 0 Å². The van der Waals surface area contributed by atoms with Gasteiger partial charge >= 0.3 is 29.9 Å². The first kappa shape index (κ1) is 21.3. The summed E-state index contributed by atoms with van der Waals surface area (Å²) in [7, 11) is 0. The van der Waals surface area contributed by atoms with Gasteiger partial charge in [-0.3, -0.25) is 4.79 Å².